The average molecular weight is 230 g/mol. The quantitative estimate of drug-likeness (QED) is 0.752. The normalized spacial score (nSPS) is 17.9. The van der Waals surface area contributed by atoms with Crippen LogP contribution in [-0.4, -0.2) is 18.1 Å². The van der Waals surface area contributed by atoms with Crippen LogP contribution < -0.4 is 4.90 Å². The minimum Gasteiger partial charge on any atom is -0.423 e. The Balaban J connectivity index is 1.90. The Morgan fingerprint density at radius 3 is 2.82 bits per heavy atom. The van der Waals surface area contributed by atoms with Gasteiger partial charge in [-0.25, -0.2) is 0 Å². The van der Waals surface area contributed by atoms with Crippen LogP contribution in [0.2, 0.25) is 0 Å². The maximum Gasteiger partial charge on any atom is 0.298 e. The molecule has 0 bridgehead atoms. The Kier molecular flexibility index (Phi) is 2.54. The molecule has 0 aliphatic carbocycles. The first-order valence-electron chi connectivity index (χ1n) is 6.34. The van der Waals surface area contributed by atoms with Gasteiger partial charge in [0.05, 0.1) is 0 Å². The molecule has 3 nitrogen and oxygen atoms in total. The topological polar surface area (TPSA) is 29.3 Å². The molecule has 1 aliphatic heterocycles. The number of fused-ring (bicyclic) bond motifs is 1. The molecule has 1 fully saturated rings. The Hall–Kier alpha value is -1.51. The monoisotopic (exact) mass is 230 g/mol. The summed E-state index contributed by atoms with van der Waals surface area (Å²) in [5.41, 5.74) is 3.09. The lowest BCUT2D eigenvalue weighted by atomic mass is 10.00. The van der Waals surface area contributed by atoms with Crippen LogP contribution in [0.25, 0.3) is 11.1 Å². The van der Waals surface area contributed by atoms with Crippen LogP contribution in [0.4, 0.5) is 6.01 Å². The van der Waals surface area contributed by atoms with E-state index in [9.17, 15) is 0 Å². The summed E-state index contributed by atoms with van der Waals surface area (Å²) in [6.07, 6.45) is 2.47. The van der Waals surface area contributed by atoms with Gasteiger partial charge in [-0.3, -0.25) is 0 Å². The van der Waals surface area contributed by atoms with Gasteiger partial charge in [0.25, 0.3) is 6.01 Å². The van der Waals surface area contributed by atoms with E-state index in [-0.39, 0.29) is 0 Å². The second kappa shape index (κ2) is 4.06. The van der Waals surface area contributed by atoms with Crippen LogP contribution in [0, 0.1) is 12.8 Å². The van der Waals surface area contributed by atoms with Gasteiger partial charge in [0.1, 0.15) is 5.52 Å². The molecule has 17 heavy (non-hydrogen) atoms. The van der Waals surface area contributed by atoms with Crippen LogP contribution in [0.5, 0.6) is 0 Å². The summed E-state index contributed by atoms with van der Waals surface area (Å²) in [7, 11) is 0. The number of nitrogens with zero attached hydrogens (tertiary/aromatic N) is 2. The number of hydrogen-bond donors (Lipinski definition) is 0. The summed E-state index contributed by atoms with van der Waals surface area (Å²) < 4.78 is 5.81. The molecule has 3 rings (SSSR count). The van der Waals surface area contributed by atoms with Gasteiger partial charge in [0, 0.05) is 13.1 Å². The predicted molar refractivity (Wildman–Crippen MR) is 69.4 cm³/mol. The van der Waals surface area contributed by atoms with Crippen LogP contribution in [0.3, 0.4) is 0 Å². The van der Waals surface area contributed by atoms with Crippen molar-refractivity contribution in [1.82, 2.24) is 4.98 Å². The lowest BCUT2D eigenvalue weighted by molar-refractivity contribution is 0.417. The van der Waals surface area contributed by atoms with Crippen molar-refractivity contribution >= 4 is 17.1 Å². The summed E-state index contributed by atoms with van der Waals surface area (Å²) in [6, 6.07) is 6.94. The minimum atomic E-state index is 0.789. The third kappa shape index (κ3) is 2.02. The number of rotatable bonds is 1. The first-order chi connectivity index (χ1) is 8.22. The third-order valence-electron chi connectivity index (χ3n) is 3.59. The highest BCUT2D eigenvalue weighted by atomic mass is 16.4. The molecule has 0 amide bonds. The molecule has 2 heterocycles. The molecule has 1 aromatic heterocycles. The van der Waals surface area contributed by atoms with Gasteiger partial charge >= 0.3 is 0 Å². The number of hydrogen-bond acceptors (Lipinski definition) is 3. The van der Waals surface area contributed by atoms with E-state index in [1.165, 1.54) is 18.4 Å². The molecular weight excluding hydrogens is 212 g/mol. The summed E-state index contributed by atoms with van der Waals surface area (Å²) in [5, 5.41) is 0. The second-order valence-corrected chi connectivity index (χ2v) is 5.14. The van der Waals surface area contributed by atoms with Gasteiger partial charge in [0.15, 0.2) is 5.58 Å². The predicted octanol–water partition coefficient (Wildman–Crippen LogP) is 3.37. The summed E-state index contributed by atoms with van der Waals surface area (Å²) in [5.74, 6) is 0.831. The zero-order chi connectivity index (χ0) is 11.8. The van der Waals surface area contributed by atoms with Crippen molar-refractivity contribution in [3.05, 3.63) is 23.8 Å². The maximum absolute atomic E-state index is 5.81. The standard InChI is InChI=1S/C14H18N2O/c1-10-5-7-16(8-6-10)14-15-12-9-11(2)3-4-13(12)17-14/h3-4,9-10H,5-8H2,1-2H3. The van der Waals surface area contributed by atoms with Crippen molar-refractivity contribution < 1.29 is 4.42 Å². The van der Waals surface area contributed by atoms with E-state index in [1.807, 2.05) is 6.07 Å². The Morgan fingerprint density at radius 2 is 2.06 bits per heavy atom. The van der Waals surface area contributed by atoms with E-state index in [0.29, 0.717) is 0 Å². The van der Waals surface area contributed by atoms with E-state index in [2.05, 4.69) is 35.9 Å². The lowest BCUT2D eigenvalue weighted by Crippen LogP contribution is -2.32. The first kappa shape index (κ1) is 10.6. The largest absolute Gasteiger partial charge is 0.423 e. The molecule has 0 radical (unpaired) electrons. The Labute approximate surface area is 101 Å². The number of anilines is 1. The maximum atomic E-state index is 5.81. The highest BCUT2D eigenvalue weighted by Crippen LogP contribution is 2.26. The molecule has 0 N–H and O–H groups in total. The first-order valence-corrected chi connectivity index (χ1v) is 6.34. The van der Waals surface area contributed by atoms with E-state index in [1.54, 1.807) is 0 Å². The molecule has 1 aliphatic rings. The van der Waals surface area contributed by atoms with Crippen LogP contribution >= 0.6 is 0 Å². The van der Waals surface area contributed by atoms with Crippen molar-refractivity contribution in [2.45, 2.75) is 26.7 Å². The van der Waals surface area contributed by atoms with Gasteiger partial charge in [-0.1, -0.05) is 13.0 Å². The Bertz CT molecular complexity index is 524. The average Bonchev–Trinajstić information content (AvgIpc) is 2.72. The molecule has 1 aromatic carbocycles. The van der Waals surface area contributed by atoms with Gasteiger partial charge in [-0.15, -0.1) is 0 Å². The lowest BCUT2D eigenvalue weighted by Gasteiger charge is -2.28. The molecular formula is C14H18N2O. The summed E-state index contributed by atoms with van der Waals surface area (Å²) in [6.45, 7) is 6.52. The molecule has 0 atom stereocenters. The van der Waals surface area contributed by atoms with Crippen molar-refractivity contribution in [1.29, 1.82) is 0 Å². The van der Waals surface area contributed by atoms with Crippen LogP contribution in [-0.2, 0) is 0 Å². The molecule has 90 valence electrons. The Morgan fingerprint density at radius 1 is 1.29 bits per heavy atom. The molecule has 1 saturated heterocycles. The number of piperidine rings is 1. The highest BCUT2D eigenvalue weighted by Gasteiger charge is 2.20. The van der Waals surface area contributed by atoms with E-state index in [0.717, 1.165) is 36.1 Å². The molecule has 0 unspecified atom stereocenters. The van der Waals surface area contributed by atoms with E-state index in [4.69, 9.17) is 4.42 Å². The second-order valence-electron chi connectivity index (χ2n) is 5.14. The fourth-order valence-corrected chi connectivity index (χ4v) is 2.36. The van der Waals surface area contributed by atoms with Crippen LogP contribution in [0.15, 0.2) is 22.6 Å². The zero-order valence-corrected chi connectivity index (χ0v) is 10.4. The van der Waals surface area contributed by atoms with Gasteiger partial charge in [-0.05, 0) is 43.4 Å². The van der Waals surface area contributed by atoms with Crippen molar-refractivity contribution in [3.8, 4) is 0 Å². The number of oxazole rings is 1. The zero-order valence-electron chi connectivity index (χ0n) is 10.4. The third-order valence-corrected chi connectivity index (χ3v) is 3.59. The van der Waals surface area contributed by atoms with E-state index < -0.39 is 0 Å². The van der Waals surface area contributed by atoms with Gasteiger partial charge < -0.3 is 9.32 Å². The van der Waals surface area contributed by atoms with Gasteiger partial charge in [-0.2, -0.15) is 4.98 Å². The minimum absolute atomic E-state index is 0.789. The highest BCUT2D eigenvalue weighted by molar-refractivity contribution is 5.75. The number of aromatic nitrogens is 1. The van der Waals surface area contributed by atoms with Crippen molar-refractivity contribution in [2.75, 3.05) is 18.0 Å². The summed E-state index contributed by atoms with van der Waals surface area (Å²) >= 11 is 0. The number of aryl methyl sites for hydroxylation is 1. The molecule has 2 aromatic rings. The fourth-order valence-electron chi connectivity index (χ4n) is 2.36. The number of benzene rings is 1. The van der Waals surface area contributed by atoms with Crippen molar-refractivity contribution in [2.24, 2.45) is 5.92 Å². The summed E-state index contributed by atoms with van der Waals surface area (Å²) in [4.78, 5) is 6.84. The molecule has 3 heteroatoms. The SMILES string of the molecule is Cc1ccc2oc(N3CCC(C)CC3)nc2c1. The molecule has 0 saturated carbocycles. The van der Waals surface area contributed by atoms with Gasteiger partial charge in [0.2, 0.25) is 0 Å². The van der Waals surface area contributed by atoms with Crippen molar-refractivity contribution in [3.63, 3.8) is 0 Å². The van der Waals surface area contributed by atoms with E-state index >= 15 is 0 Å². The fraction of sp³-hybridized carbons (Fsp3) is 0.500. The van der Waals surface area contributed by atoms with Crippen LogP contribution in [0.1, 0.15) is 25.3 Å². The molecule has 0 spiro atoms. The smallest absolute Gasteiger partial charge is 0.298 e.